The van der Waals surface area contributed by atoms with Gasteiger partial charge in [0, 0.05) is 0 Å². The molecule has 0 aromatic heterocycles. The summed E-state index contributed by atoms with van der Waals surface area (Å²) in [7, 11) is 0. The normalized spacial score (nSPS) is 21.4. The quantitative estimate of drug-likeness (QED) is 0.411. The van der Waals surface area contributed by atoms with Gasteiger partial charge in [0.25, 0.3) is 0 Å². The predicted octanol–water partition coefficient (Wildman–Crippen LogP) is 1.53. The highest BCUT2D eigenvalue weighted by molar-refractivity contribution is 6.04. The summed E-state index contributed by atoms with van der Waals surface area (Å²) >= 11 is 0. The molecule has 2 aliphatic rings. The first kappa shape index (κ1) is 15.7. The van der Waals surface area contributed by atoms with Crippen LogP contribution in [0.2, 0.25) is 0 Å². The number of epoxide rings is 2. The molecule has 122 valence electrons. The molecule has 6 heteroatoms. The van der Waals surface area contributed by atoms with Crippen LogP contribution in [0.25, 0.3) is 0 Å². The van der Waals surface area contributed by atoms with Crippen molar-refractivity contribution in [2.24, 2.45) is 0 Å². The maximum Gasteiger partial charge on any atom is 0.339 e. The number of rotatable bonds is 8. The second-order valence-corrected chi connectivity index (χ2v) is 5.44. The first-order chi connectivity index (χ1) is 11.2. The van der Waals surface area contributed by atoms with E-state index >= 15 is 0 Å². The van der Waals surface area contributed by atoms with E-state index in [-0.39, 0.29) is 36.5 Å². The summed E-state index contributed by atoms with van der Waals surface area (Å²) in [6, 6.07) is 5.05. The van der Waals surface area contributed by atoms with Crippen molar-refractivity contribution in [3.8, 4) is 0 Å². The van der Waals surface area contributed by atoms with Gasteiger partial charge in [0.2, 0.25) is 0 Å². The van der Waals surface area contributed by atoms with Gasteiger partial charge in [-0.3, -0.25) is 0 Å². The van der Waals surface area contributed by atoms with Crippen LogP contribution in [0.4, 0.5) is 0 Å². The second kappa shape index (κ2) is 6.93. The minimum atomic E-state index is -0.555. The largest absolute Gasteiger partial charge is 0.459 e. The van der Waals surface area contributed by atoms with E-state index in [9.17, 15) is 9.59 Å². The molecule has 23 heavy (non-hydrogen) atoms. The van der Waals surface area contributed by atoms with Gasteiger partial charge in [-0.2, -0.15) is 0 Å². The van der Waals surface area contributed by atoms with E-state index in [0.29, 0.717) is 25.2 Å². The van der Waals surface area contributed by atoms with Gasteiger partial charge in [-0.05, 0) is 18.1 Å². The highest BCUT2D eigenvalue weighted by Gasteiger charge is 2.29. The number of hydrogen-bond acceptors (Lipinski definition) is 6. The third kappa shape index (κ3) is 4.18. The second-order valence-electron chi connectivity index (χ2n) is 5.44. The lowest BCUT2D eigenvalue weighted by molar-refractivity contribution is 0.0429. The van der Waals surface area contributed by atoms with Gasteiger partial charge in [0.05, 0.1) is 24.3 Å². The van der Waals surface area contributed by atoms with Crippen molar-refractivity contribution in [2.45, 2.75) is 18.6 Å². The molecule has 0 spiro atoms. The Hall–Kier alpha value is -2.18. The third-order valence-electron chi connectivity index (χ3n) is 3.54. The summed E-state index contributed by atoms with van der Waals surface area (Å²) in [5.74, 6) is -1.10. The van der Waals surface area contributed by atoms with E-state index in [4.69, 9.17) is 18.9 Å². The molecular weight excluding hydrogens is 300 g/mol. The van der Waals surface area contributed by atoms with Crippen LogP contribution in [0.3, 0.4) is 0 Å². The third-order valence-corrected chi connectivity index (χ3v) is 3.54. The number of ether oxygens (including phenoxy) is 4. The molecule has 0 radical (unpaired) electrons. The first-order valence-electron chi connectivity index (χ1n) is 7.49. The Balaban J connectivity index is 1.79. The number of carbonyl (C=O) groups is 2. The molecule has 2 aliphatic heterocycles. The molecule has 0 amide bonds. The van der Waals surface area contributed by atoms with Gasteiger partial charge in [0.15, 0.2) is 0 Å². The number of carbonyl (C=O) groups excluding carboxylic acids is 2. The molecular formula is C17H18O6. The summed E-state index contributed by atoms with van der Waals surface area (Å²) in [6.07, 6.45) is 2.06. The van der Waals surface area contributed by atoms with Crippen LogP contribution in [0.1, 0.15) is 26.3 Å². The van der Waals surface area contributed by atoms with E-state index in [1.807, 2.05) is 0 Å². The molecule has 0 saturated carbocycles. The minimum absolute atomic E-state index is 0.0299. The number of allylic oxidation sites excluding steroid dienone is 1. The fourth-order valence-corrected chi connectivity index (χ4v) is 2.15. The number of hydrogen-bond donors (Lipinski definition) is 0. The van der Waals surface area contributed by atoms with Crippen molar-refractivity contribution >= 4 is 11.9 Å². The molecule has 3 rings (SSSR count). The van der Waals surface area contributed by atoms with Gasteiger partial charge >= 0.3 is 11.9 Å². The van der Waals surface area contributed by atoms with Crippen molar-refractivity contribution in [3.05, 3.63) is 47.5 Å². The lowest BCUT2D eigenvalue weighted by Gasteiger charge is -2.12. The number of esters is 2. The van der Waals surface area contributed by atoms with Crippen molar-refractivity contribution in [2.75, 3.05) is 26.4 Å². The van der Waals surface area contributed by atoms with Gasteiger partial charge in [-0.25, -0.2) is 9.59 Å². The summed E-state index contributed by atoms with van der Waals surface area (Å²) in [4.78, 5) is 24.7. The Morgan fingerprint density at radius 2 is 1.74 bits per heavy atom. The zero-order valence-electron chi connectivity index (χ0n) is 12.7. The number of benzene rings is 1. The predicted molar refractivity (Wildman–Crippen MR) is 80.4 cm³/mol. The van der Waals surface area contributed by atoms with E-state index in [1.165, 1.54) is 0 Å². The fourth-order valence-electron chi connectivity index (χ4n) is 2.15. The summed E-state index contributed by atoms with van der Waals surface area (Å²) in [6.45, 7) is 5.25. The highest BCUT2D eigenvalue weighted by Crippen LogP contribution is 2.20. The van der Waals surface area contributed by atoms with Gasteiger partial charge in [-0.15, -0.1) is 6.58 Å². The average Bonchev–Trinajstić information content (AvgIpc) is 3.45. The van der Waals surface area contributed by atoms with Gasteiger partial charge < -0.3 is 18.9 Å². The van der Waals surface area contributed by atoms with Crippen LogP contribution >= 0.6 is 0 Å². The first-order valence-corrected chi connectivity index (χ1v) is 7.49. The zero-order chi connectivity index (χ0) is 16.2. The molecule has 0 bridgehead atoms. The van der Waals surface area contributed by atoms with Gasteiger partial charge in [-0.1, -0.05) is 18.2 Å². The maximum absolute atomic E-state index is 12.4. The van der Waals surface area contributed by atoms with Crippen LogP contribution < -0.4 is 0 Å². The summed E-state index contributed by atoms with van der Waals surface area (Å²) in [5.41, 5.74) is 1.11. The smallest absolute Gasteiger partial charge is 0.339 e. The van der Waals surface area contributed by atoms with Gasteiger partial charge in [0.1, 0.15) is 25.4 Å². The maximum atomic E-state index is 12.4. The van der Waals surface area contributed by atoms with Crippen molar-refractivity contribution in [1.29, 1.82) is 0 Å². The van der Waals surface area contributed by atoms with Crippen molar-refractivity contribution < 1.29 is 28.5 Å². The minimum Gasteiger partial charge on any atom is -0.459 e. The van der Waals surface area contributed by atoms with E-state index in [2.05, 4.69) is 6.58 Å². The van der Waals surface area contributed by atoms with Crippen molar-refractivity contribution in [3.63, 3.8) is 0 Å². The Bertz CT molecular complexity index is 616. The van der Waals surface area contributed by atoms with E-state index < -0.39 is 11.9 Å². The monoisotopic (exact) mass is 318 g/mol. The molecule has 2 heterocycles. The summed E-state index contributed by atoms with van der Waals surface area (Å²) < 4.78 is 20.5. The van der Waals surface area contributed by atoms with Crippen LogP contribution in [0.5, 0.6) is 0 Å². The SMILES string of the molecule is C=CCc1cccc(C(=O)OCC2CO2)c1C(=O)OCC1CO1. The summed E-state index contributed by atoms with van der Waals surface area (Å²) in [5, 5.41) is 0. The Labute approximate surface area is 134 Å². The molecule has 2 atom stereocenters. The Morgan fingerprint density at radius 3 is 2.30 bits per heavy atom. The standard InChI is InChI=1S/C17H18O6/c1-2-4-11-5-3-6-14(16(18)22-9-12-7-20-12)15(11)17(19)23-10-13-8-21-13/h2-3,5-6,12-13H,1,4,7-10H2. The fraction of sp³-hybridized carbons (Fsp3) is 0.412. The van der Waals surface area contributed by atoms with Crippen LogP contribution in [0.15, 0.2) is 30.9 Å². The van der Waals surface area contributed by atoms with E-state index in [1.54, 1.807) is 24.3 Å². The topological polar surface area (TPSA) is 77.7 Å². The zero-order valence-corrected chi connectivity index (χ0v) is 12.7. The highest BCUT2D eigenvalue weighted by atomic mass is 16.6. The lowest BCUT2D eigenvalue weighted by atomic mass is 9.98. The molecule has 1 aromatic rings. The molecule has 2 fully saturated rings. The molecule has 1 aromatic carbocycles. The molecule has 2 saturated heterocycles. The van der Waals surface area contributed by atoms with Crippen LogP contribution in [-0.2, 0) is 25.4 Å². The Morgan fingerprint density at radius 1 is 1.13 bits per heavy atom. The van der Waals surface area contributed by atoms with Crippen LogP contribution in [-0.4, -0.2) is 50.6 Å². The lowest BCUT2D eigenvalue weighted by Crippen LogP contribution is -2.19. The molecule has 0 N–H and O–H groups in total. The average molecular weight is 318 g/mol. The van der Waals surface area contributed by atoms with E-state index in [0.717, 1.165) is 0 Å². The van der Waals surface area contributed by atoms with Crippen LogP contribution in [0, 0.1) is 0 Å². The van der Waals surface area contributed by atoms with Crippen molar-refractivity contribution in [1.82, 2.24) is 0 Å². The Kier molecular flexibility index (Phi) is 4.73. The molecule has 2 unspecified atom stereocenters. The molecule has 0 aliphatic carbocycles. The molecule has 6 nitrogen and oxygen atoms in total.